The lowest BCUT2D eigenvalue weighted by Crippen LogP contribution is -2.35. The zero-order chi connectivity index (χ0) is 16.9. The Kier molecular flexibility index (Phi) is 5.22. The van der Waals surface area contributed by atoms with Gasteiger partial charge in [-0.05, 0) is 18.2 Å². The number of carbonyl (C=O) groups is 1. The average molecular weight is 330 g/mol. The number of aliphatic hydroxyl groups is 1. The van der Waals surface area contributed by atoms with Crippen LogP contribution < -0.4 is 10.1 Å². The predicted molar refractivity (Wildman–Crippen MR) is 71.8 cm³/mol. The van der Waals surface area contributed by atoms with Crippen LogP contribution in [0.2, 0.25) is 0 Å². The number of nitrogens with zero attached hydrogens (tertiary/aromatic N) is 1. The molecule has 23 heavy (non-hydrogen) atoms. The maximum atomic E-state index is 12.5. The Labute approximate surface area is 128 Å². The van der Waals surface area contributed by atoms with E-state index in [9.17, 15) is 23.1 Å². The molecule has 124 valence electrons. The summed E-state index contributed by atoms with van der Waals surface area (Å²) in [6.45, 7) is -0.426. The van der Waals surface area contributed by atoms with Crippen molar-refractivity contribution in [2.24, 2.45) is 0 Å². The Balaban J connectivity index is 1.80. The van der Waals surface area contributed by atoms with Crippen molar-refractivity contribution in [3.8, 4) is 5.75 Å². The van der Waals surface area contributed by atoms with Gasteiger partial charge in [0.2, 0.25) is 0 Å². The Morgan fingerprint density at radius 2 is 2.17 bits per heavy atom. The van der Waals surface area contributed by atoms with E-state index in [-0.39, 0.29) is 24.6 Å². The largest absolute Gasteiger partial charge is 0.491 e. The first-order valence-electron chi connectivity index (χ1n) is 6.53. The van der Waals surface area contributed by atoms with Gasteiger partial charge in [0.1, 0.15) is 24.7 Å². The van der Waals surface area contributed by atoms with E-state index in [1.165, 1.54) is 24.5 Å². The van der Waals surface area contributed by atoms with Crippen molar-refractivity contribution >= 4 is 5.91 Å². The van der Waals surface area contributed by atoms with E-state index in [1.54, 1.807) is 0 Å². The van der Waals surface area contributed by atoms with Gasteiger partial charge in [0.05, 0.1) is 5.56 Å². The number of nitrogens with one attached hydrogen (secondary N) is 1. The Morgan fingerprint density at radius 3 is 2.83 bits per heavy atom. The molecule has 0 fully saturated rings. The number of halogens is 3. The van der Waals surface area contributed by atoms with Gasteiger partial charge < -0.3 is 19.7 Å². The van der Waals surface area contributed by atoms with E-state index in [2.05, 4.69) is 15.0 Å². The summed E-state index contributed by atoms with van der Waals surface area (Å²) in [5.41, 5.74) is -0.792. The second-order valence-corrected chi connectivity index (χ2v) is 4.59. The molecule has 1 amide bonds. The quantitative estimate of drug-likeness (QED) is 0.844. The number of hydrogen-bond donors (Lipinski definition) is 2. The average Bonchev–Trinajstić information content (AvgIpc) is 3.04. The molecule has 1 heterocycles. The van der Waals surface area contributed by atoms with E-state index in [4.69, 9.17) is 4.74 Å². The third-order valence-corrected chi connectivity index (χ3v) is 2.77. The lowest BCUT2D eigenvalue weighted by atomic mass is 10.2. The minimum absolute atomic E-state index is 0.0262. The molecule has 0 saturated carbocycles. The molecule has 2 N–H and O–H groups in total. The normalized spacial score (nSPS) is 12.7. The van der Waals surface area contributed by atoms with Gasteiger partial charge in [-0.2, -0.15) is 13.2 Å². The zero-order valence-corrected chi connectivity index (χ0v) is 11.7. The fraction of sp³-hybridized carbons (Fsp3) is 0.286. The van der Waals surface area contributed by atoms with Crippen LogP contribution in [0.15, 0.2) is 41.1 Å². The highest BCUT2D eigenvalue weighted by Crippen LogP contribution is 2.31. The molecule has 1 atom stereocenters. The molecule has 0 spiro atoms. The zero-order valence-electron chi connectivity index (χ0n) is 11.7. The van der Waals surface area contributed by atoms with Crippen molar-refractivity contribution in [3.05, 3.63) is 47.9 Å². The van der Waals surface area contributed by atoms with Gasteiger partial charge in [-0.25, -0.2) is 0 Å². The Hall–Kier alpha value is -2.55. The van der Waals surface area contributed by atoms with Gasteiger partial charge in [-0.15, -0.1) is 0 Å². The first-order valence-corrected chi connectivity index (χ1v) is 6.53. The van der Waals surface area contributed by atoms with Crippen LogP contribution in [0.1, 0.15) is 16.1 Å². The summed E-state index contributed by atoms with van der Waals surface area (Å²) in [4.78, 5) is 11.5. The maximum absolute atomic E-state index is 12.5. The summed E-state index contributed by atoms with van der Waals surface area (Å²) in [6, 6.07) is 5.65. The second kappa shape index (κ2) is 7.14. The molecule has 1 aromatic heterocycles. The highest BCUT2D eigenvalue weighted by Gasteiger charge is 2.30. The standard InChI is InChI=1S/C14H13F3N2O4/c15-14(16,17)9-2-1-3-11(6-9)22-8-10(20)7-18-13(21)12-4-5-23-19-12/h1-6,10,20H,7-8H2,(H,18,21). The highest BCUT2D eigenvalue weighted by molar-refractivity contribution is 5.91. The molecular formula is C14H13F3N2O4. The summed E-state index contributed by atoms with van der Waals surface area (Å²) in [7, 11) is 0. The van der Waals surface area contributed by atoms with Crippen molar-refractivity contribution < 1.29 is 32.3 Å². The van der Waals surface area contributed by atoms with Crippen molar-refractivity contribution in [2.45, 2.75) is 12.3 Å². The van der Waals surface area contributed by atoms with E-state index in [1.807, 2.05) is 0 Å². The number of ether oxygens (including phenoxy) is 1. The first kappa shape index (κ1) is 16.8. The van der Waals surface area contributed by atoms with Gasteiger partial charge in [-0.1, -0.05) is 11.2 Å². The molecule has 0 radical (unpaired) electrons. The Bertz CT molecular complexity index is 644. The molecule has 2 rings (SSSR count). The SMILES string of the molecule is O=C(NCC(O)COc1cccc(C(F)(F)F)c1)c1ccon1. The third kappa shape index (κ3) is 4.99. The van der Waals surface area contributed by atoms with Crippen molar-refractivity contribution in [1.29, 1.82) is 0 Å². The fourth-order valence-electron chi connectivity index (χ4n) is 1.64. The van der Waals surface area contributed by atoms with Crippen molar-refractivity contribution in [2.75, 3.05) is 13.2 Å². The summed E-state index contributed by atoms with van der Waals surface area (Å²) in [5.74, 6) is -0.571. The molecule has 1 aromatic carbocycles. The lowest BCUT2D eigenvalue weighted by Gasteiger charge is -2.14. The van der Waals surface area contributed by atoms with Gasteiger partial charge in [0.15, 0.2) is 5.69 Å². The molecular weight excluding hydrogens is 317 g/mol. The molecule has 0 bridgehead atoms. The topological polar surface area (TPSA) is 84.6 Å². The highest BCUT2D eigenvalue weighted by atomic mass is 19.4. The van der Waals surface area contributed by atoms with Crippen LogP contribution in [0.3, 0.4) is 0 Å². The van der Waals surface area contributed by atoms with E-state index >= 15 is 0 Å². The third-order valence-electron chi connectivity index (χ3n) is 2.77. The number of rotatable bonds is 6. The van der Waals surface area contributed by atoms with Gasteiger partial charge in [0, 0.05) is 12.6 Å². The summed E-state index contributed by atoms with van der Waals surface area (Å²) in [6.07, 6.45) is -4.34. The fourth-order valence-corrected chi connectivity index (χ4v) is 1.64. The number of hydrogen-bond acceptors (Lipinski definition) is 5. The minimum Gasteiger partial charge on any atom is -0.491 e. The van der Waals surface area contributed by atoms with E-state index in [0.717, 1.165) is 12.1 Å². The predicted octanol–water partition coefficient (Wildman–Crippen LogP) is 1.86. The van der Waals surface area contributed by atoms with Gasteiger partial charge in [0.25, 0.3) is 5.91 Å². The number of carbonyl (C=O) groups excluding carboxylic acids is 1. The minimum atomic E-state index is -4.47. The molecule has 0 saturated heterocycles. The molecule has 9 heteroatoms. The molecule has 2 aromatic rings. The number of aromatic nitrogens is 1. The van der Waals surface area contributed by atoms with Crippen molar-refractivity contribution in [1.82, 2.24) is 10.5 Å². The maximum Gasteiger partial charge on any atom is 0.416 e. The first-order chi connectivity index (χ1) is 10.9. The summed E-state index contributed by atoms with van der Waals surface area (Å²) < 4.78 is 47.2. The van der Waals surface area contributed by atoms with Gasteiger partial charge in [-0.3, -0.25) is 4.79 Å². The van der Waals surface area contributed by atoms with Crippen LogP contribution in [0.4, 0.5) is 13.2 Å². The van der Waals surface area contributed by atoms with E-state index in [0.29, 0.717) is 0 Å². The molecule has 1 unspecified atom stereocenters. The van der Waals surface area contributed by atoms with Crippen LogP contribution in [0.5, 0.6) is 5.75 Å². The van der Waals surface area contributed by atoms with Crippen LogP contribution >= 0.6 is 0 Å². The monoisotopic (exact) mass is 330 g/mol. The number of alkyl halides is 3. The van der Waals surface area contributed by atoms with Crippen LogP contribution in [0, 0.1) is 0 Å². The van der Waals surface area contributed by atoms with Crippen LogP contribution in [-0.2, 0) is 6.18 Å². The van der Waals surface area contributed by atoms with Crippen LogP contribution in [-0.4, -0.2) is 35.4 Å². The number of amides is 1. The van der Waals surface area contributed by atoms with Crippen molar-refractivity contribution in [3.63, 3.8) is 0 Å². The van der Waals surface area contributed by atoms with Gasteiger partial charge >= 0.3 is 6.18 Å². The lowest BCUT2D eigenvalue weighted by molar-refractivity contribution is -0.137. The van der Waals surface area contributed by atoms with E-state index < -0.39 is 23.8 Å². The summed E-state index contributed by atoms with van der Waals surface area (Å²) >= 11 is 0. The summed E-state index contributed by atoms with van der Waals surface area (Å²) in [5, 5.41) is 15.5. The second-order valence-electron chi connectivity index (χ2n) is 4.59. The molecule has 0 aliphatic carbocycles. The Morgan fingerprint density at radius 1 is 1.39 bits per heavy atom. The molecule has 0 aliphatic heterocycles. The number of benzene rings is 1. The molecule has 0 aliphatic rings. The molecule has 6 nitrogen and oxygen atoms in total. The number of aliphatic hydroxyl groups excluding tert-OH is 1. The van der Waals surface area contributed by atoms with Crippen LogP contribution in [0.25, 0.3) is 0 Å². The smallest absolute Gasteiger partial charge is 0.416 e.